The smallest absolute Gasteiger partial charge is 0.227 e. The van der Waals surface area contributed by atoms with Crippen LogP contribution in [0.2, 0.25) is 0 Å². The summed E-state index contributed by atoms with van der Waals surface area (Å²) < 4.78 is 1.90. The van der Waals surface area contributed by atoms with Crippen molar-refractivity contribution in [3.63, 3.8) is 0 Å². The minimum absolute atomic E-state index is 0.122. The van der Waals surface area contributed by atoms with Crippen LogP contribution in [0.25, 0.3) is 5.69 Å². The van der Waals surface area contributed by atoms with Gasteiger partial charge in [0.15, 0.2) is 0 Å². The van der Waals surface area contributed by atoms with Crippen LogP contribution in [0.4, 0.5) is 0 Å². The summed E-state index contributed by atoms with van der Waals surface area (Å²) in [4.78, 5) is 14.5. The Hall–Kier alpha value is -2.14. The molecule has 3 rings (SSSR count). The zero-order valence-electron chi connectivity index (χ0n) is 14.6. The number of carbonyl (C=O) groups is 1. The maximum Gasteiger partial charge on any atom is 0.227 e. The third-order valence-electron chi connectivity index (χ3n) is 5.03. The summed E-state index contributed by atoms with van der Waals surface area (Å²) >= 11 is 0. The molecule has 24 heavy (non-hydrogen) atoms. The average Bonchev–Trinajstić information content (AvgIpc) is 3.16. The number of aryl methyl sites for hydroxylation is 1. The van der Waals surface area contributed by atoms with E-state index in [1.807, 2.05) is 53.8 Å². The Morgan fingerprint density at radius 3 is 2.67 bits per heavy atom. The van der Waals surface area contributed by atoms with Gasteiger partial charge < -0.3 is 10.0 Å². The summed E-state index contributed by atoms with van der Waals surface area (Å²) in [6.07, 6.45) is 0.897. The van der Waals surface area contributed by atoms with E-state index in [9.17, 15) is 9.90 Å². The number of aromatic nitrogens is 2. The van der Waals surface area contributed by atoms with E-state index in [4.69, 9.17) is 0 Å². The fraction of sp³-hybridized carbons (Fsp3) is 0.474. The van der Waals surface area contributed by atoms with Gasteiger partial charge in [0.25, 0.3) is 0 Å². The Bertz CT molecular complexity index is 722. The van der Waals surface area contributed by atoms with Crippen molar-refractivity contribution < 1.29 is 9.90 Å². The number of aliphatic hydroxyl groups excluding tert-OH is 1. The SMILES string of the molecule is Cc1nn(-c2ccccc2)c(C)c1CC(=O)N1CCC(C(C)O)C1. The number of hydrogen-bond donors (Lipinski definition) is 1. The van der Waals surface area contributed by atoms with Gasteiger partial charge in [0, 0.05) is 30.3 Å². The van der Waals surface area contributed by atoms with Gasteiger partial charge in [0.2, 0.25) is 5.91 Å². The Morgan fingerprint density at radius 1 is 1.33 bits per heavy atom. The van der Waals surface area contributed by atoms with E-state index in [-0.39, 0.29) is 17.9 Å². The van der Waals surface area contributed by atoms with Crippen LogP contribution in [0.15, 0.2) is 30.3 Å². The lowest BCUT2D eigenvalue weighted by Crippen LogP contribution is -2.31. The molecule has 2 atom stereocenters. The second kappa shape index (κ2) is 6.77. The van der Waals surface area contributed by atoms with Crippen LogP contribution >= 0.6 is 0 Å². The monoisotopic (exact) mass is 327 g/mol. The van der Waals surface area contributed by atoms with Crippen LogP contribution in [0, 0.1) is 19.8 Å². The quantitative estimate of drug-likeness (QED) is 0.937. The lowest BCUT2D eigenvalue weighted by molar-refractivity contribution is -0.129. The molecule has 0 saturated carbocycles. The van der Waals surface area contributed by atoms with Crippen molar-refractivity contribution in [2.24, 2.45) is 5.92 Å². The highest BCUT2D eigenvalue weighted by atomic mass is 16.3. The van der Waals surface area contributed by atoms with Crippen molar-refractivity contribution in [2.45, 2.75) is 39.7 Å². The number of nitrogens with zero attached hydrogens (tertiary/aromatic N) is 3. The fourth-order valence-electron chi connectivity index (χ4n) is 3.42. The molecule has 1 saturated heterocycles. The molecule has 1 N–H and O–H groups in total. The molecule has 0 radical (unpaired) electrons. The molecule has 5 nitrogen and oxygen atoms in total. The summed E-state index contributed by atoms with van der Waals surface area (Å²) in [5.41, 5.74) is 3.92. The zero-order chi connectivity index (χ0) is 17.3. The van der Waals surface area contributed by atoms with Crippen molar-refractivity contribution in [3.05, 3.63) is 47.3 Å². The normalized spacial score (nSPS) is 18.8. The van der Waals surface area contributed by atoms with E-state index < -0.39 is 0 Å². The van der Waals surface area contributed by atoms with Gasteiger partial charge in [0.1, 0.15) is 0 Å². The van der Waals surface area contributed by atoms with Crippen LogP contribution in [0.3, 0.4) is 0 Å². The van der Waals surface area contributed by atoms with Crippen molar-refractivity contribution in [1.29, 1.82) is 0 Å². The van der Waals surface area contributed by atoms with Gasteiger partial charge in [0.05, 0.1) is 23.9 Å². The zero-order valence-corrected chi connectivity index (χ0v) is 14.6. The average molecular weight is 327 g/mol. The van der Waals surface area contributed by atoms with Gasteiger partial charge in [-0.2, -0.15) is 5.10 Å². The number of benzene rings is 1. The van der Waals surface area contributed by atoms with Crippen LogP contribution in [-0.4, -0.2) is 44.9 Å². The van der Waals surface area contributed by atoms with Crippen LogP contribution < -0.4 is 0 Å². The predicted molar refractivity (Wildman–Crippen MR) is 93.1 cm³/mol. The molecule has 0 spiro atoms. The van der Waals surface area contributed by atoms with Gasteiger partial charge in [-0.05, 0) is 39.3 Å². The first kappa shape index (κ1) is 16.7. The number of hydrogen-bond acceptors (Lipinski definition) is 3. The lowest BCUT2D eigenvalue weighted by Gasteiger charge is -2.18. The molecule has 1 aliphatic rings. The molecule has 1 aliphatic heterocycles. The first-order chi connectivity index (χ1) is 11.5. The first-order valence-corrected chi connectivity index (χ1v) is 8.53. The molecule has 1 aromatic heterocycles. The molecule has 0 aliphatic carbocycles. The third kappa shape index (κ3) is 3.22. The van der Waals surface area contributed by atoms with E-state index in [2.05, 4.69) is 5.10 Å². The second-order valence-electron chi connectivity index (χ2n) is 6.70. The number of para-hydroxylation sites is 1. The van der Waals surface area contributed by atoms with Gasteiger partial charge in [-0.15, -0.1) is 0 Å². The first-order valence-electron chi connectivity index (χ1n) is 8.53. The number of amides is 1. The molecule has 128 valence electrons. The molecule has 2 heterocycles. The molecule has 5 heteroatoms. The molecule has 1 aromatic carbocycles. The highest BCUT2D eigenvalue weighted by Gasteiger charge is 2.29. The number of rotatable bonds is 4. The summed E-state index contributed by atoms with van der Waals surface area (Å²) in [6, 6.07) is 9.97. The Kier molecular flexibility index (Phi) is 4.71. The van der Waals surface area contributed by atoms with Crippen molar-refractivity contribution >= 4 is 5.91 Å². The van der Waals surface area contributed by atoms with Crippen molar-refractivity contribution in [2.75, 3.05) is 13.1 Å². The topological polar surface area (TPSA) is 58.4 Å². The van der Waals surface area contributed by atoms with E-state index in [1.54, 1.807) is 6.92 Å². The lowest BCUT2D eigenvalue weighted by atomic mass is 10.0. The maximum absolute atomic E-state index is 12.6. The summed E-state index contributed by atoms with van der Waals surface area (Å²) in [7, 11) is 0. The van der Waals surface area contributed by atoms with Gasteiger partial charge in [-0.3, -0.25) is 4.79 Å². The number of aliphatic hydroxyl groups is 1. The molecular weight excluding hydrogens is 302 g/mol. The largest absolute Gasteiger partial charge is 0.393 e. The molecule has 2 unspecified atom stereocenters. The highest BCUT2D eigenvalue weighted by Crippen LogP contribution is 2.23. The van der Waals surface area contributed by atoms with Crippen LogP contribution in [0.5, 0.6) is 0 Å². The predicted octanol–water partition coefficient (Wildman–Crippen LogP) is 2.26. The van der Waals surface area contributed by atoms with E-state index in [0.717, 1.165) is 35.6 Å². The van der Waals surface area contributed by atoms with E-state index >= 15 is 0 Å². The van der Waals surface area contributed by atoms with Gasteiger partial charge in [-0.1, -0.05) is 18.2 Å². The summed E-state index contributed by atoms with van der Waals surface area (Å²) in [6.45, 7) is 7.16. The minimum Gasteiger partial charge on any atom is -0.393 e. The molecule has 1 amide bonds. The Morgan fingerprint density at radius 2 is 2.04 bits per heavy atom. The molecule has 2 aromatic rings. The minimum atomic E-state index is -0.355. The fourth-order valence-corrected chi connectivity index (χ4v) is 3.42. The molecular formula is C19H25N3O2. The standard InChI is InChI=1S/C19H25N3O2/c1-13-18(11-19(24)21-10-9-16(12-21)15(3)23)14(2)22(20-13)17-7-5-4-6-8-17/h4-8,15-16,23H,9-12H2,1-3H3. The Balaban J connectivity index is 1.76. The van der Waals surface area contributed by atoms with Crippen LogP contribution in [-0.2, 0) is 11.2 Å². The van der Waals surface area contributed by atoms with E-state index in [0.29, 0.717) is 13.0 Å². The van der Waals surface area contributed by atoms with Crippen LogP contribution in [0.1, 0.15) is 30.3 Å². The highest BCUT2D eigenvalue weighted by molar-refractivity contribution is 5.79. The number of likely N-dealkylation sites (tertiary alicyclic amines) is 1. The van der Waals surface area contributed by atoms with E-state index in [1.165, 1.54) is 0 Å². The molecule has 0 bridgehead atoms. The third-order valence-corrected chi connectivity index (χ3v) is 5.03. The number of carbonyl (C=O) groups excluding carboxylic acids is 1. The molecule has 1 fully saturated rings. The Labute approximate surface area is 142 Å². The van der Waals surface area contributed by atoms with Crippen molar-refractivity contribution in [3.8, 4) is 5.69 Å². The van der Waals surface area contributed by atoms with Crippen molar-refractivity contribution in [1.82, 2.24) is 14.7 Å². The van der Waals surface area contributed by atoms with Gasteiger partial charge in [-0.25, -0.2) is 4.68 Å². The summed E-state index contributed by atoms with van der Waals surface area (Å²) in [5, 5.41) is 14.3. The maximum atomic E-state index is 12.6. The second-order valence-corrected chi connectivity index (χ2v) is 6.70. The summed E-state index contributed by atoms with van der Waals surface area (Å²) in [5.74, 6) is 0.320. The van der Waals surface area contributed by atoms with Gasteiger partial charge >= 0.3 is 0 Å².